The molecular weight excluding hydrogens is 309 g/mol. The van der Waals surface area contributed by atoms with E-state index in [1.807, 2.05) is 0 Å². The van der Waals surface area contributed by atoms with Crippen molar-refractivity contribution in [3.05, 3.63) is 71.3 Å². The molecule has 1 nitrogen and oxygen atoms in total. The van der Waals surface area contributed by atoms with Gasteiger partial charge in [0.25, 0.3) is 0 Å². The van der Waals surface area contributed by atoms with Gasteiger partial charge in [0.05, 0.1) is 0 Å². The molecule has 0 aliphatic heterocycles. The standard InChI is InChI=1S/C23H30FN/c1-18(2)25(16-14-19-7-4-3-5-8-19)15-6-9-20-10-12-21(13-11-20)22-17-23(22)24/h3-5,7-8,10-13,18,22-23H,6,9,14-17H2,1-2H3. The SMILES string of the molecule is CC(C)N(CCCc1ccc(C2CC2F)cc1)CCc1ccccc1. The highest BCUT2D eigenvalue weighted by atomic mass is 19.1. The first-order valence-electron chi connectivity index (χ1n) is 9.64. The van der Waals surface area contributed by atoms with Crippen molar-refractivity contribution in [1.82, 2.24) is 4.90 Å². The minimum absolute atomic E-state index is 0.170. The molecule has 2 unspecified atom stereocenters. The van der Waals surface area contributed by atoms with E-state index >= 15 is 0 Å². The highest BCUT2D eigenvalue weighted by Crippen LogP contribution is 2.43. The van der Waals surface area contributed by atoms with Crippen molar-refractivity contribution >= 4 is 0 Å². The Morgan fingerprint density at radius 1 is 0.920 bits per heavy atom. The Morgan fingerprint density at radius 3 is 2.16 bits per heavy atom. The van der Waals surface area contributed by atoms with Gasteiger partial charge in [-0.3, -0.25) is 0 Å². The summed E-state index contributed by atoms with van der Waals surface area (Å²) >= 11 is 0. The average Bonchev–Trinajstić information content (AvgIpc) is 3.36. The van der Waals surface area contributed by atoms with Gasteiger partial charge in [-0.25, -0.2) is 4.39 Å². The van der Waals surface area contributed by atoms with Crippen LogP contribution in [0.5, 0.6) is 0 Å². The van der Waals surface area contributed by atoms with E-state index in [1.54, 1.807) is 0 Å². The van der Waals surface area contributed by atoms with Crippen LogP contribution in [0.2, 0.25) is 0 Å². The van der Waals surface area contributed by atoms with Crippen molar-refractivity contribution in [1.29, 1.82) is 0 Å². The van der Waals surface area contributed by atoms with Crippen LogP contribution in [0, 0.1) is 0 Å². The van der Waals surface area contributed by atoms with Gasteiger partial charge in [0.2, 0.25) is 0 Å². The first-order valence-corrected chi connectivity index (χ1v) is 9.64. The second kappa shape index (κ2) is 8.62. The Hall–Kier alpha value is -1.67. The summed E-state index contributed by atoms with van der Waals surface area (Å²) in [6.45, 7) is 6.80. The van der Waals surface area contributed by atoms with Crippen LogP contribution >= 0.6 is 0 Å². The number of hydrogen-bond donors (Lipinski definition) is 0. The van der Waals surface area contributed by atoms with E-state index in [2.05, 4.69) is 73.3 Å². The van der Waals surface area contributed by atoms with Gasteiger partial charge in [0.15, 0.2) is 0 Å². The molecule has 2 aromatic carbocycles. The number of aryl methyl sites for hydroxylation is 1. The fourth-order valence-corrected chi connectivity index (χ4v) is 3.47. The van der Waals surface area contributed by atoms with Crippen molar-refractivity contribution in [3.63, 3.8) is 0 Å². The van der Waals surface area contributed by atoms with Gasteiger partial charge in [-0.1, -0.05) is 54.6 Å². The van der Waals surface area contributed by atoms with E-state index in [1.165, 1.54) is 23.1 Å². The summed E-state index contributed by atoms with van der Waals surface area (Å²) in [6, 6.07) is 19.9. The molecule has 2 aromatic rings. The van der Waals surface area contributed by atoms with Gasteiger partial charge in [-0.2, -0.15) is 0 Å². The topological polar surface area (TPSA) is 3.24 Å². The van der Waals surface area contributed by atoms with Gasteiger partial charge in [-0.05, 0) is 62.8 Å². The monoisotopic (exact) mass is 339 g/mol. The van der Waals surface area contributed by atoms with Gasteiger partial charge >= 0.3 is 0 Å². The molecule has 2 atom stereocenters. The first-order chi connectivity index (χ1) is 12.1. The first kappa shape index (κ1) is 18.1. The second-order valence-corrected chi connectivity index (χ2v) is 7.57. The highest BCUT2D eigenvalue weighted by molar-refractivity contribution is 5.30. The van der Waals surface area contributed by atoms with E-state index in [4.69, 9.17) is 0 Å². The lowest BCUT2D eigenvalue weighted by Gasteiger charge is -2.26. The molecule has 0 saturated heterocycles. The second-order valence-electron chi connectivity index (χ2n) is 7.57. The molecule has 0 radical (unpaired) electrons. The minimum Gasteiger partial charge on any atom is -0.301 e. The normalized spacial score (nSPS) is 19.6. The van der Waals surface area contributed by atoms with Crippen molar-refractivity contribution < 1.29 is 4.39 Å². The number of halogens is 1. The maximum atomic E-state index is 13.1. The number of benzene rings is 2. The molecule has 1 saturated carbocycles. The third kappa shape index (κ3) is 5.40. The van der Waals surface area contributed by atoms with Crippen LogP contribution < -0.4 is 0 Å². The number of hydrogen-bond acceptors (Lipinski definition) is 1. The zero-order valence-electron chi connectivity index (χ0n) is 15.5. The summed E-state index contributed by atoms with van der Waals surface area (Å²) in [5.74, 6) is 0.170. The van der Waals surface area contributed by atoms with E-state index in [-0.39, 0.29) is 5.92 Å². The summed E-state index contributed by atoms with van der Waals surface area (Å²) in [5, 5.41) is 0. The fraction of sp³-hybridized carbons (Fsp3) is 0.478. The molecule has 0 bridgehead atoms. The lowest BCUT2D eigenvalue weighted by atomic mass is 10.0. The predicted octanol–water partition coefficient (Wildman–Crippen LogP) is 5.40. The van der Waals surface area contributed by atoms with E-state index < -0.39 is 6.17 Å². The van der Waals surface area contributed by atoms with Crippen LogP contribution in [-0.2, 0) is 12.8 Å². The Balaban J connectivity index is 1.43. The average molecular weight is 339 g/mol. The molecule has 2 heteroatoms. The number of rotatable bonds is 9. The number of nitrogens with zero attached hydrogens (tertiary/aromatic N) is 1. The van der Waals surface area contributed by atoms with Crippen LogP contribution in [0.4, 0.5) is 4.39 Å². The summed E-state index contributed by atoms with van der Waals surface area (Å²) in [5.41, 5.74) is 3.95. The van der Waals surface area contributed by atoms with Gasteiger partial charge in [-0.15, -0.1) is 0 Å². The molecule has 1 aliphatic carbocycles. The third-order valence-corrected chi connectivity index (χ3v) is 5.29. The largest absolute Gasteiger partial charge is 0.301 e. The third-order valence-electron chi connectivity index (χ3n) is 5.29. The molecule has 0 spiro atoms. The molecular formula is C23H30FN. The van der Waals surface area contributed by atoms with Gasteiger partial charge < -0.3 is 4.90 Å². The Labute approximate surface area is 151 Å². The predicted molar refractivity (Wildman–Crippen MR) is 104 cm³/mol. The molecule has 0 aromatic heterocycles. The molecule has 0 heterocycles. The quantitative estimate of drug-likeness (QED) is 0.591. The van der Waals surface area contributed by atoms with E-state index in [0.717, 1.165) is 25.9 Å². The van der Waals surface area contributed by atoms with Crippen LogP contribution in [-0.4, -0.2) is 30.2 Å². The maximum absolute atomic E-state index is 13.1. The zero-order chi connectivity index (χ0) is 17.6. The van der Waals surface area contributed by atoms with E-state index in [9.17, 15) is 4.39 Å². The molecule has 3 rings (SSSR count). The fourth-order valence-electron chi connectivity index (χ4n) is 3.47. The van der Waals surface area contributed by atoms with Crippen molar-refractivity contribution in [2.75, 3.05) is 13.1 Å². The Kier molecular flexibility index (Phi) is 6.25. The summed E-state index contributed by atoms with van der Waals surface area (Å²) in [6.07, 6.45) is 3.49. The van der Waals surface area contributed by atoms with E-state index in [0.29, 0.717) is 12.5 Å². The summed E-state index contributed by atoms with van der Waals surface area (Å²) in [4.78, 5) is 2.57. The minimum atomic E-state index is -0.602. The molecule has 134 valence electrons. The van der Waals surface area contributed by atoms with Crippen molar-refractivity contribution in [2.24, 2.45) is 0 Å². The van der Waals surface area contributed by atoms with Crippen molar-refractivity contribution in [2.45, 2.75) is 57.7 Å². The maximum Gasteiger partial charge on any atom is 0.108 e. The molecule has 25 heavy (non-hydrogen) atoms. The molecule has 0 amide bonds. The molecule has 0 N–H and O–H groups in total. The van der Waals surface area contributed by atoms with Crippen LogP contribution in [0.3, 0.4) is 0 Å². The lowest BCUT2D eigenvalue weighted by molar-refractivity contribution is 0.222. The zero-order valence-corrected chi connectivity index (χ0v) is 15.5. The molecule has 1 aliphatic rings. The Bertz CT molecular complexity index is 635. The van der Waals surface area contributed by atoms with Gasteiger partial charge in [0.1, 0.15) is 6.17 Å². The smallest absolute Gasteiger partial charge is 0.108 e. The number of alkyl halides is 1. The molecule has 1 fully saturated rings. The van der Waals surface area contributed by atoms with Crippen LogP contribution in [0.1, 0.15) is 49.3 Å². The van der Waals surface area contributed by atoms with Crippen molar-refractivity contribution in [3.8, 4) is 0 Å². The summed E-state index contributed by atoms with van der Waals surface area (Å²) < 4.78 is 13.1. The van der Waals surface area contributed by atoms with Crippen LogP contribution in [0.15, 0.2) is 54.6 Å². The lowest BCUT2D eigenvalue weighted by Crippen LogP contribution is -2.34. The Morgan fingerprint density at radius 2 is 1.56 bits per heavy atom. The summed E-state index contributed by atoms with van der Waals surface area (Å²) in [7, 11) is 0. The highest BCUT2D eigenvalue weighted by Gasteiger charge is 2.38. The van der Waals surface area contributed by atoms with Crippen LogP contribution in [0.25, 0.3) is 0 Å². The van der Waals surface area contributed by atoms with Gasteiger partial charge in [0, 0.05) is 18.5 Å².